The molecule has 1 N–H and O–H groups in total. The van der Waals surface area contributed by atoms with Crippen LogP contribution in [-0.2, 0) is 4.79 Å². The highest BCUT2D eigenvalue weighted by Gasteiger charge is 2.34. The van der Waals surface area contributed by atoms with Gasteiger partial charge in [0.15, 0.2) is 0 Å². The van der Waals surface area contributed by atoms with Crippen LogP contribution in [0.1, 0.15) is 52.4 Å². The molecule has 1 saturated heterocycles. The average Bonchev–Trinajstić information content (AvgIpc) is 2.77. The van der Waals surface area contributed by atoms with Crippen LogP contribution in [-0.4, -0.2) is 36.0 Å². The minimum Gasteiger partial charge on any atom is -0.340 e. The molecule has 98 valence electrons. The van der Waals surface area contributed by atoms with Gasteiger partial charge in [0.25, 0.3) is 0 Å². The first kappa shape index (κ1) is 12.9. The Labute approximate surface area is 105 Å². The summed E-state index contributed by atoms with van der Waals surface area (Å²) < 4.78 is 0. The summed E-state index contributed by atoms with van der Waals surface area (Å²) in [6.45, 7) is 6.15. The fourth-order valence-electron chi connectivity index (χ4n) is 3.40. The van der Waals surface area contributed by atoms with Crippen LogP contribution in [0.25, 0.3) is 0 Å². The monoisotopic (exact) mass is 238 g/mol. The number of amides is 1. The van der Waals surface area contributed by atoms with Gasteiger partial charge in [0.2, 0.25) is 5.91 Å². The predicted molar refractivity (Wildman–Crippen MR) is 69.8 cm³/mol. The first-order valence-electron chi connectivity index (χ1n) is 7.28. The number of carbonyl (C=O) groups excluding carboxylic acids is 1. The van der Waals surface area contributed by atoms with E-state index in [-0.39, 0.29) is 5.92 Å². The summed E-state index contributed by atoms with van der Waals surface area (Å²) in [5, 5.41) is 3.38. The van der Waals surface area contributed by atoms with Gasteiger partial charge < -0.3 is 10.2 Å². The Morgan fingerprint density at radius 1 is 1.24 bits per heavy atom. The molecule has 2 atom stereocenters. The third-order valence-electron chi connectivity index (χ3n) is 4.48. The fraction of sp³-hybridized carbons (Fsp3) is 0.929. The van der Waals surface area contributed by atoms with E-state index >= 15 is 0 Å². The Hall–Kier alpha value is -0.570. The summed E-state index contributed by atoms with van der Waals surface area (Å²) in [6.07, 6.45) is 7.40. The van der Waals surface area contributed by atoms with Gasteiger partial charge in [0.05, 0.1) is 5.92 Å². The summed E-state index contributed by atoms with van der Waals surface area (Å²) in [7, 11) is 0. The van der Waals surface area contributed by atoms with Crippen molar-refractivity contribution >= 4 is 5.91 Å². The molecule has 1 saturated carbocycles. The van der Waals surface area contributed by atoms with Crippen molar-refractivity contribution in [1.82, 2.24) is 10.2 Å². The van der Waals surface area contributed by atoms with Gasteiger partial charge in [0.1, 0.15) is 0 Å². The van der Waals surface area contributed by atoms with Gasteiger partial charge in [-0.25, -0.2) is 0 Å². The Morgan fingerprint density at radius 3 is 2.47 bits per heavy atom. The topological polar surface area (TPSA) is 32.3 Å². The minimum atomic E-state index is 0.219. The molecule has 2 aliphatic rings. The molecule has 3 nitrogen and oxygen atoms in total. The highest BCUT2D eigenvalue weighted by Crippen LogP contribution is 2.26. The number of nitrogens with zero attached hydrogens (tertiary/aromatic N) is 1. The summed E-state index contributed by atoms with van der Waals surface area (Å²) in [5.41, 5.74) is 0. The number of carbonyl (C=O) groups is 1. The van der Waals surface area contributed by atoms with Gasteiger partial charge in [-0.2, -0.15) is 0 Å². The van der Waals surface area contributed by atoms with Crippen molar-refractivity contribution in [2.24, 2.45) is 5.92 Å². The van der Waals surface area contributed by atoms with Crippen molar-refractivity contribution in [3.05, 3.63) is 0 Å². The van der Waals surface area contributed by atoms with Crippen molar-refractivity contribution < 1.29 is 4.79 Å². The van der Waals surface area contributed by atoms with Crippen molar-refractivity contribution in [1.29, 1.82) is 0 Å². The van der Waals surface area contributed by atoms with Crippen LogP contribution in [0.15, 0.2) is 0 Å². The average molecular weight is 238 g/mol. The third kappa shape index (κ3) is 2.82. The van der Waals surface area contributed by atoms with E-state index in [9.17, 15) is 4.79 Å². The van der Waals surface area contributed by atoms with E-state index in [2.05, 4.69) is 24.1 Å². The molecule has 17 heavy (non-hydrogen) atoms. The highest BCUT2D eigenvalue weighted by atomic mass is 16.2. The molecular formula is C14H26N2O. The van der Waals surface area contributed by atoms with E-state index in [1.807, 2.05) is 0 Å². The van der Waals surface area contributed by atoms with Gasteiger partial charge in [-0.3, -0.25) is 4.79 Å². The fourth-order valence-corrected chi connectivity index (χ4v) is 3.40. The quantitative estimate of drug-likeness (QED) is 0.817. The minimum absolute atomic E-state index is 0.219. The number of nitrogens with one attached hydrogen (secondary N) is 1. The normalized spacial score (nSPS) is 30.5. The summed E-state index contributed by atoms with van der Waals surface area (Å²) in [6, 6.07) is 0.884. The van der Waals surface area contributed by atoms with Gasteiger partial charge in [-0.1, -0.05) is 19.3 Å². The molecule has 3 heteroatoms. The van der Waals surface area contributed by atoms with Gasteiger partial charge >= 0.3 is 0 Å². The zero-order valence-corrected chi connectivity index (χ0v) is 11.2. The smallest absolute Gasteiger partial charge is 0.227 e. The van der Waals surface area contributed by atoms with Gasteiger partial charge in [-0.05, 0) is 39.7 Å². The molecule has 1 aliphatic carbocycles. The Kier molecular flexibility index (Phi) is 4.43. The standard InChI is InChI=1S/C14H26N2O/c1-3-16(12-7-5-4-6-8-12)14(17)13-9-10-15-11(13)2/h11-13,15H,3-10H2,1-2H3. The second-order valence-electron chi connectivity index (χ2n) is 5.55. The molecule has 0 bridgehead atoms. The summed E-state index contributed by atoms with van der Waals surface area (Å²) >= 11 is 0. The Balaban J connectivity index is 1.98. The zero-order chi connectivity index (χ0) is 12.3. The molecular weight excluding hydrogens is 212 g/mol. The molecule has 0 aromatic rings. The van der Waals surface area contributed by atoms with Crippen LogP contribution in [0.2, 0.25) is 0 Å². The molecule has 2 rings (SSSR count). The zero-order valence-electron chi connectivity index (χ0n) is 11.2. The molecule has 0 spiro atoms. The lowest BCUT2D eigenvalue weighted by Gasteiger charge is -2.36. The van der Waals surface area contributed by atoms with E-state index < -0.39 is 0 Å². The van der Waals surface area contributed by atoms with E-state index in [0.29, 0.717) is 18.0 Å². The number of rotatable bonds is 3. The van der Waals surface area contributed by atoms with Crippen molar-refractivity contribution in [3.8, 4) is 0 Å². The van der Waals surface area contributed by atoms with Crippen molar-refractivity contribution in [2.75, 3.05) is 13.1 Å². The largest absolute Gasteiger partial charge is 0.340 e. The predicted octanol–water partition coefficient (Wildman–Crippen LogP) is 2.17. The van der Waals surface area contributed by atoms with Crippen LogP contribution in [0.3, 0.4) is 0 Å². The Bertz CT molecular complexity index is 261. The number of hydrogen-bond acceptors (Lipinski definition) is 2. The summed E-state index contributed by atoms with van der Waals surface area (Å²) in [5.74, 6) is 0.619. The van der Waals surface area contributed by atoms with Crippen molar-refractivity contribution in [3.63, 3.8) is 0 Å². The lowest BCUT2D eigenvalue weighted by atomic mass is 9.92. The van der Waals surface area contributed by atoms with Crippen molar-refractivity contribution in [2.45, 2.75) is 64.5 Å². The van der Waals surface area contributed by atoms with Crippen LogP contribution < -0.4 is 5.32 Å². The molecule has 1 amide bonds. The maximum atomic E-state index is 12.6. The maximum absolute atomic E-state index is 12.6. The molecule has 0 aromatic carbocycles. The molecule has 1 aliphatic heterocycles. The molecule has 0 radical (unpaired) electrons. The van der Waals surface area contributed by atoms with Crippen LogP contribution in [0.5, 0.6) is 0 Å². The molecule has 2 fully saturated rings. The van der Waals surface area contributed by atoms with Crippen LogP contribution in [0, 0.1) is 5.92 Å². The van der Waals surface area contributed by atoms with Crippen LogP contribution >= 0.6 is 0 Å². The van der Waals surface area contributed by atoms with E-state index in [4.69, 9.17) is 0 Å². The maximum Gasteiger partial charge on any atom is 0.227 e. The third-order valence-corrected chi connectivity index (χ3v) is 4.48. The second-order valence-corrected chi connectivity index (χ2v) is 5.55. The first-order chi connectivity index (χ1) is 8.24. The van der Waals surface area contributed by atoms with Gasteiger partial charge in [0, 0.05) is 18.6 Å². The highest BCUT2D eigenvalue weighted by molar-refractivity contribution is 5.80. The Morgan fingerprint density at radius 2 is 1.94 bits per heavy atom. The lowest BCUT2D eigenvalue weighted by molar-refractivity contribution is -0.138. The lowest BCUT2D eigenvalue weighted by Crippen LogP contribution is -2.46. The second kappa shape index (κ2) is 5.85. The first-order valence-corrected chi connectivity index (χ1v) is 7.28. The molecule has 2 unspecified atom stereocenters. The number of hydrogen-bond donors (Lipinski definition) is 1. The van der Waals surface area contributed by atoms with E-state index in [0.717, 1.165) is 19.5 Å². The van der Waals surface area contributed by atoms with Crippen LogP contribution in [0.4, 0.5) is 0 Å². The summed E-state index contributed by atoms with van der Waals surface area (Å²) in [4.78, 5) is 14.7. The van der Waals surface area contributed by atoms with E-state index in [1.165, 1.54) is 32.1 Å². The molecule has 1 heterocycles. The van der Waals surface area contributed by atoms with Gasteiger partial charge in [-0.15, -0.1) is 0 Å². The SMILES string of the molecule is CCN(C(=O)C1CCNC1C)C1CCCCC1. The van der Waals surface area contributed by atoms with E-state index in [1.54, 1.807) is 0 Å². The molecule has 0 aromatic heterocycles.